The van der Waals surface area contributed by atoms with Crippen LogP contribution < -0.4 is 0 Å². The van der Waals surface area contributed by atoms with Crippen LogP contribution in [-0.2, 0) is 0 Å². The van der Waals surface area contributed by atoms with Gasteiger partial charge in [0.2, 0.25) is 0 Å². The molecular weight excluding hydrogens is 158 g/mol. The average molecular weight is 169 g/mol. The number of carboxylic acid groups (broad SMARTS) is 1. The van der Waals surface area contributed by atoms with Gasteiger partial charge in [-0.2, -0.15) is 0 Å². The molecule has 1 heterocycles. The molecule has 4 nitrogen and oxygen atoms in total. The Morgan fingerprint density at radius 2 is 2.42 bits per heavy atom. The Hall–Kier alpha value is -1.03. The molecule has 12 heavy (non-hydrogen) atoms. The molecule has 2 atom stereocenters. The Labute approximate surface area is 70.1 Å². The predicted molar refractivity (Wildman–Crippen MR) is 41.8 cm³/mol. The van der Waals surface area contributed by atoms with Crippen molar-refractivity contribution in [2.24, 2.45) is 5.92 Å². The van der Waals surface area contributed by atoms with Gasteiger partial charge in [0.1, 0.15) is 0 Å². The fraction of sp³-hybridized carbons (Fsp3) is 0.625. The van der Waals surface area contributed by atoms with Crippen molar-refractivity contribution in [3.8, 4) is 0 Å². The lowest BCUT2D eigenvalue weighted by Gasteiger charge is -2.11. The fourth-order valence-electron chi connectivity index (χ4n) is 1.96. The van der Waals surface area contributed by atoms with Gasteiger partial charge in [-0.15, -0.1) is 0 Å². The van der Waals surface area contributed by atoms with Crippen LogP contribution in [0.5, 0.6) is 0 Å². The Morgan fingerprint density at radius 3 is 3.00 bits per heavy atom. The van der Waals surface area contributed by atoms with Crippen molar-refractivity contribution in [2.45, 2.75) is 12.5 Å². The maximum absolute atomic E-state index is 10.6. The first-order valence-electron chi connectivity index (χ1n) is 4.03. The van der Waals surface area contributed by atoms with Crippen molar-refractivity contribution in [3.63, 3.8) is 0 Å². The highest BCUT2D eigenvalue weighted by atomic mass is 16.4. The van der Waals surface area contributed by atoms with Crippen LogP contribution in [0.4, 0.5) is 4.79 Å². The summed E-state index contributed by atoms with van der Waals surface area (Å²) in [6.07, 6.45) is 1.27. The molecule has 0 radical (unpaired) electrons. The number of carbonyl (C=O) groups is 1. The topological polar surface area (TPSA) is 60.8 Å². The summed E-state index contributed by atoms with van der Waals surface area (Å²) in [5.74, 6) is 0.274. The van der Waals surface area contributed by atoms with E-state index in [2.05, 4.69) is 0 Å². The number of hydrogen-bond acceptors (Lipinski definition) is 2. The smallest absolute Gasteiger partial charge is 0.407 e. The summed E-state index contributed by atoms with van der Waals surface area (Å²) in [4.78, 5) is 11.9. The van der Waals surface area contributed by atoms with Crippen molar-refractivity contribution < 1.29 is 15.0 Å². The molecule has 0 saturated carbocycles. The first kappa shape index (κ1) is 7.61. The Bertz CT molecular complexity index is 249. The minimum atomic E-state index is -0.861. The molecular formula is C8H11NO3. The van der Waals surface area contributed by atoms with E-state index in [9.17, 15) is 9.90 Å². The molecule has 0 spiro atoms. The maximum Gasteiger partial charge on any atom is 0.407 e. The van der Waals surface area contributed by atoms with Gasteiger partial charge in [-0.05, 0) is 12.0 Å². The molecule has 1 amide bonds. The van der Waals surface area contributed by atoms with Crippen LogP contribution in [-0.4, -0.2) is 40.4 Å². The van der Waals surface area contributed by atoms with Gasteiger partial charge in [-0.3, -0.25) is 0 Å². The molecule has 1 fully saturated rings. The molecule has 1 saturated heterocycles. The normalized spacial score (nSPS) is 33.4. The lowest BCUT2D eigenvalue weighted by Crippen LogP contribution is -2.27. The van der Waals surface area contributed by atoms with Crippen LogP contribution >= 0.6 is 0 Å². The second-order valence-electron chi connectivity index (χ2n) is 3.40. The van der Waals surface area contributed by atoms with Crippen LogP contribution in [0.15, 0.2) is 11.6 Å². The number of fused-ring (bicyclic) bond motifs is 1. The predicted octanol–water partition coefficient (Wildman–Crippen LogP) is 0.287. The first-order valence-corrected chi connectivity index (χ1v) is 4.03. The van der Waals surface area contributed by atoms with E-state index in [4.69, 9.17) is 5.11 Å². The van der Waals surface area contributed by atoms with Crippen LogP contribution in [0.2, 0.25) is 0 Å². The largest absolute Gasteiger partial charge is 0.465 e. The fourth-order valence-corrected chi connectivity index (χ4v) is 1.96. The second-order valence-corrected chi connectivity index (χ2v) is 3.40. The third kappa shape index (κ3) is 1.08. The van der Waals surface area contributed by atoms with Crippen LogP contribution in [0.3, 0.4) is 0 Å². The number of aliphatic hydroxyl groups is 1. The molecule has 0 aromatic rings. The average Bonchev–Trinajstić information content (AvgIpc) is 2.42. The maximum atomic E-state index is 10.6. The monoisotopic (exact) mass is 169 g/mol. The molecule has 4 heteroatoms. The third-order valence-electron chi connectivity index (χ3n) is 2.54. The summed E-state index contributed by atoms with van der Waals surface area (Å²) in [6, 6.07) is 0. The van der Waals surface area contributed by atoms with E-state index < -0.39 is 6.09 Å². The number of hydrogen-bond donors (Lipinski definition) is 2. The van der Waals surface area contributed by atoms with Gasteiger partial charge in [0.05, 0.1) is 6.10 Å². The highest BCUT2D eigenvalue weighted by Gasteiger charge is 2.35. The molecule has 0 bridgehead atoms. The van der Waals surface area contributed by atoms with E-state index in [1.807, 2.05) is 0 Å². The van der Waals surface area contributed by atoms with Crippen LogP contribution in [0, 0.1) is 5.92 Å². The lowest BCUT2D eigenvalue weighted by atomic mass is 10.1. The van der Waals surface area contributed by atoms with Crippen LogP contribution in [0.1, 0.15) is 6.42 Å². The van der Waals surface area contributed by atoms with Gasteiger partial charge in [0.25, 0.3) is 0 Å². The highest BCUT2D eigenvalue weighted by molar-refractivity contribution is 5.66. The minimum Gasteiger partial charge on any atom is -0.465 e. The third-order valence-corrected chi connectivity index (χ3v) is 2.54. The molecule has 66 valence electrons. The van der Waals surface area contributed by atoms with Gasteiger partial charge < -0.3 is 15.1 Å². The van der Waals surface area contributed by atoms with E-state index in [0.717, 1.165) is 5.57 Å². The quantitative estimate of drug-likeness (QED) is 0.512. The second kappa shape index (κ2) is 2.48. The molecule has 1 aliphatic carbocycles. The van der Waals surface area contributed by atoms with Crippen molar-refractivity contribution in [3.05, 3.63) is 11.6 Å². The summed E-state index contributed by atoms with van der Waals surface area (Å²) in [6.45, 7) is 1.04. The van der Waals surface area contributed by atoms with Crippen molar-refractivity contribution in [1.82, 2.24) is 4.90 Å². The summed E-state index contributed by atoms with van der Waals surface area (Å²) in [7, 11) is 0. The zero-order valence-electron chi connectivity index (χ0n) is 6.60. The van der Waals surface area contributed by atoms with Gasteiger partial charge in [-0.1, -0.05) is 6.08 Å². The van der Waals surface area contributed by atoms with Gasteiger partial charge in [-0.25, -0.2) is 4.79 Å². The number of likely N-dealkylation sites (tertiary alicyclic amines) is 1. The van der Waals surface area contributed by atoms with Gasteiger partial charge >= 0.3 is 6.09 Å². The van der Waals surface area contributed by atoms with E-state index in [1.165, 1.54) is 4.90 Å². The Morgan fingerprint density at radius 1 is 1.67 bits per heavy atom. The molecule has 2 rings (SSSR count). The zero-order valence-corrected chi connectivity index (χ0v) is 6.60. The summed E-state index contributed by atoms with van der Waals surface area (Å²) >= 11 is 0. The highest BCUT2D eigenvalue weighted by Crippen LogP contribution is 2.32. The van der Waals surface area contributed by atoms with Crippen molar-refractivity contribution >= 4 is 6.09 Å². The minimum absolute atomic E-state index is 0.274. The zero-order chi connectivity index (χ0) is 8.72. The summed E-state index contributed by atoms with van der Waals surface area (Å²) < 4.78 is 0. The van der Waals surface area contributed by atoms with E-state index in [1.54, 1.807) is 6.08 Å². The SMILES string of the molecule is O=C(O)N1CC2=C[C@H](O)C[C@@H]2C1. The molecule has 2 aliphatic rings. The molecule has 0 aromatic heterocycles. The van der Waals surface area contributed by atoms with Crippen LogP contribution in [0.25, 0.3) is 0 Å². The summed E-state index contributed by atoms with van der Waals surface area (Å²) in [5.41, 5.74) is 1.09. The lowest BCUT2D eigenvalue weighted by molar-refractivity contribution is 0.149. The standard InChI is InChI=1S/C8H11NO3/c10-7-1-5-3-9(8(11)12)4-6(5)2-7/h1,6-7,10H,2-4H2,(H,11,12)/t6-,7+/m1/s1. The van der Waals surface area contributed by atoms with Gasteiger partial charge in [0.15, 0.2) is 0 Å². The van der Waals surface area contributed by atoms with Crippen molar-refractivity contribution in [1.29, 1.82) is 0 Å². The molecule has 2 N–H and O–H groups in total. The van der Waals surface area contributed by atoms with E-state index in [0.29, 0.717) is 19.5 Å². The number of aliphatic hydroxyl groups excluding tert-OH is 1. The number of amides is 1. The number of nitrogens with zero attached hydrogens (tertiary/aromatic N) is 1. The molecule has 0 aromatic carbocycles. The summed E-state index contributed by atoms with van der Waals surface area (Å²) in [5, 5.41) is 17.9. The van der Waals surface area contributed by atoms with E-state index >= 15 is 0 Å². The first-order chi connectivity index (χ1) is 5.66. The Balaban J connectivity index is 2.09. The van der Waals surface area contributed by atoms with Crippen molar-refractivity contribution in [2.75, 3.05) is 13.1 Å². The Kier molecular flexibility index (Phi) is 1.58. The van der Waals surface area contributed by atoms with Gasteiger partial charge in [0, 0.05) is 19.0 Å². The number of rotatable bonds is 0. The molecule has 0 unspecified atom stereocenters. The van der Waals surface area contributed by atoms with E-state index in [-0.39, 0.29) is 12.0 Å². The molecule has 1 aliphatic heterocycles.